The summed E-state index contributed by atoms with van der Waals surface area (Å²) < 4.78 is 0. The summed E-state index contributed by atoms with van der Waals surface area (Å²) in [6.07, 6.45) is 0. The lowest BCUT2D eigenvalue weighted by atomic mass is 9.93. The molecule has 0 rings (SSSR count). The molecule has 1 amide bonds. The molecule has 0 spiro atoms. The SMILES string of the molecule is CCN(CC(=O)N(C)CC)CC(C)(C)CN. The maximum absolute atomic E-state index is 11.8. The minimum atomic E-state index is 0.0705. The standard InChI is InChI=1S/C12H27N3O/c1-6-14(5)11(16)8-15(7-2)10-12(3,4)9-13/h6-10,13H2,1-5H3. The third kappa shape index (κ3) is 5.47. The van der Waals surface area contributed by atoms with Crippen LogP contribution in [0.3, 0.4) is 0 Å². The molecule has 16 heavy (non-hydrogen) atoms. The van der Waals surface area contributed by atoms with Gasteiger partial charge in [0.2, 0.25) is 5.91 Å². The Morgan fingerprint density at radius 1 is 1.25 bits per heavy atom. The van der Waals surface area contributed by atoms with Gasteiger partial charge in [-0.2, -0.15) is 0 Å². The van der Waals surface area contributed by atoms with Gasteiger partial charge < -0.3 is 10.6 Å². The molecule has 4 nitrogen and oxygen atoms in total. The van der Waals surface area contributed by atoms with E-state index in [0.29, 0.717) is 13.1 Å². The molecular formula is C12H27N3O. The number of carbonyl (C=O) groups excluding carboxylic acids is 1. The minimum absolute atomic E-state index is 0.0705. The average Bonchev–Trinajstić information content (AvgIpc) is 2.26. The summed E-state index contributed by atoms with van der Waals surface area (Å²) in [5.41, 5.74) is 5.77. The van der Waals surface area contributed by atoms with Gasteiger partial charge in [0, 0.05) is 20.1 Å². The van der Waals surface area contributed by atoms with E-state index < -0.39 is 0 Å². The van der Waals surface area contributed by atoms with Gasteiger partial charge in [-0.3, -0.25) is 9.69 Å². The second-order valence-corrected chi connectivity index (χ2v) is 5.08. The number of carbonyl (C=O) groups is 1. The van der Waals surface area contributed by atoms with Crippen molar-refractivity contribution in [2.75, 3.05) is 39.8 Å². The minimum Gasteiger partial charge on any atom is -0.345 e. The maximum atomic E-state index is 11.8. The molecule has 0 heterocycles. The third-order valence-corrected chi connectivity index (χ3v) is 2.91. The number of amides is 1. The third-order valence-electron chi connectivity index (χ3n) is 2.91. The first-order chi connectivity index (χ1) is 7.36. The first-order valence-corrected chi connectivity index (χ1v) is 6.02. The van der Waals surface area contributed by atoms with Crippen molar-refractivity contribution in [1.82, 2.24) is 9.80 Å². The largest absolute Gasteiger partial charge is 0.345 e. The van der Waals surface area contributed by atoms with E-state index in [1.165, 1.54) is 0 Å². The van der Waals surface area contributed by atoms with Crippen molar-refractivity contribution < 1.29 is 4.79 Å². The van der Waals surface area contributed by atoms with Crippen LogP contribution in [0.4, 0.5) is 0 Å². The summed E-state index contributed by atoms with van der Waals surface area (Å²) in [5.74, 6) is 0.178. The van der Waals surface area contributed by atoms with E-state index in [-0.39, 0.29) is 11.3 Å². The summed E-state index contributed by atoms with van der Waals surface area (Å²) in [5, 5.41) is 0. The van der Waals surface area contributed by atoms with E-state index in [2.05, 4.69) is 25.7 Å². The molecule has 0 unspecified atom stereocenters. The van der Waals surface area contributed by atoms with Crippen molar-refractivity contribution >= 4 is 5.91 Å². The smallest absolute Gasteiger partial charge is 0.236 e. The van der Waals surface area contributed by atoms with Crippen molar-refractivity contribution in [3.05, 3.63) is 0 Å². The number of rotatable bonds is 7. The molecular weight excluding hydrogens is 202 g/mol. The molecule has 0 saturated heterocycles. The Balaban J connectivity index is 4.26. The Hall–Kier alpha value is -0.610. The summed E-state index contributed by atoms with van der Waals surface area (Å²) in [4.78, 5) is 15.7. The van der Waals surface area contributed by atoms with E-state index in [0.717, 1.165) is 19.6 Å². The number of nitrogens with two attached hydrogens (primary N) is 1. The van der Waals surface area contributed by atoms with Gasteiger partial charge in [0.05, 0.1) is 6.54 Å². The van der Waals surface area contributed by atoms with Gasteiger partial charge >= 0.3 is 0 Å². The van der Waals surface area contributed by atoms with Crippen LogP contribution in [-0.4, -0.2) is 55.5 Å². The Bertz CT molecular complexity index is 216. The van der Waals surface area contributed by atoms with Crippen LogP contribution in [0, 0.1) is 5.41 Å². The van der Waals surface area contributed by atoms with Crippen LogP contribution in [0.5, 0.6) is 0 Å². The first kappa shape index (κ1) is 15.4. The van der Waals surface area contributed by atoms with Gasteiger partial charge in [-0.05, 0) is 25.4 Å². The van der Waals surface area contributed by atoms with Gasteiger partial charge in [-0.1, -0.05) is 20.8 Å². The lowest BCUT2D eigenvalue weighted by Gasteiger charge is -2.31. The highest BCUT2D eigenvalue weighted by Gasteiger charge is 2.21. The van der Waals surface area contributed by atoms with Gasteiger partial charge in [0.25, 0.3) is 0 Å². The topological polar surface area (TPSA) is 49.6 Å². The molecule has 0 radical (unpaired) electrons. The average molecular weight is 229 g/mol. The Labute approximate surface area is 99.8 Å². The Morgan fingerprint density at radius 2 is 1.81 bits per heavy atom. The van der Waals surface area contributed by atoms with Gasteiger partial charge in [-0.15, -0.1) is 0 Å². The fourth-order valence-corrected chi connectivity index (χ4v) is 1.44. The van der Waals surface area contributed by atoms with E-state index in [1.54, 1.807) is 4.90 Å². The second kappa shape index (κ2) is 6.86. The van der Waals surface area contributed by atoms with Crippen LogP contribution < -0.4 is 5.73 Å². The van der Waals surface area contributed by atoms with E-state index in [9.17, 15) is 4.79 Å². The van der Waals surface area contributed by atoms with Gasteiger partial charge in [-0.25, -0.2) is 0 Å². The van der Waals surface area contributed by atoms with Crippen LogP contribution in [0.15, 0.2) is 0 Å². The normalized spacial score (nSPS) is 11.9. The zero-order valence-corrected chi connectivity index (χ0v) is 11.4. The summed E-state index contributed by atoms with van der Waals surface area (Å²) in [7, 11) is 1.84. The monoisotopic (exact) mass is 229 g/mol. The van der Waals surface area contributed by atoms with E-state index in [4.69, 9.17) is 5.73 Å². The summed E-state index contributed by atoms with van der Waals surface area (Å²) >= 11 is 0. The summed E-state index contributed by atoms with van der Waals surface area (Å²) in [6, 6.07) is 0. The van der Waals surface area contributed by atoms with Crippen molar-refractivity contribution in [1.29, 1.82) is 0 Å². The number of likely N-dealkylation sites (N-methyl/N-ethyl adjacent to an activating group) is 2. The molecule has 0 bridgehead atoms. The van der Waals surface area contributed by atoms with Crippen LogP contribution in [-0.2, 0) is 4.79 Å². The predicted molar refractivity (Wildman–Crippen MR) is 68.3 cm³/mol. The number of hydrogen-bond acceptors (Lipinski definition) is 3. The zero-order valence-electron chi connectivity index (χ0n) is 11.4. The molecule has 96 valence electrons. The van der Waals surface area contributed by atoms with Crippen LogP contribution in [0.2, 0.25) is 0 Å². The molecule has 0 saturated carbocycles. The molecule has 0 aromatic heterocycles. The lowest BCUT2D eigenvalue weighted by molar-refractivity contribution is -0.131. The Kier molecular flexibility index (Phi) is 6.60. The molecule has 0 aliphatic heterocycles. The van der Waals surface area contributed by atoms with Gasteiger partial charge in [0.15, 0.2) is 0 Å². The van der Waals surface area contributed by atoms with Crippen LogP contribution >= 0.6 is 0 Å². The summed E-state index contributed by atoms with van der Waals surface area (Å²) in [6.45, 7) is 12.0. The molecule has 0 aromatic carbocycles. The fraction of sp³-hybridized carbons (Fsp3) is 0.917. The van der Waals surface area contributed by atoms with Crippen LogP contribution in [0.1, 0.15) is 27.7 Å². The van der Waals surface area contributed by atoms with E-state index in [1.807, 2.05) is 14.0 Å². The number of hydrogen-bond donors (Lipinski definition) is 1. The fourth-order valence-electron chi connectivity index (χ4n) is 1.44. The highest BCUT2D eigenvalue weighted by molar-refractivity contribution is 5.77. The molecule has 0 fully saturated rings. The number of nitrogens with zero attached hydrogens (tertiary/aromatic N) is 2. The molecule has 0 atom stereocenters. The first-order valence-electron chi connectivity index (χ1n) is 6.02. The molecule has 0 aliphatic rings. The van der Waals surface area contributed by atoms with Crippen molar-refractivity contribution in [3.8, 4) is 0 Å². The second-order valence-electron chi connectivity index (χ2n) is 5.08. The maximum Gasteiger partial charge on any atom is 0.236 e. The highest BCUT2D eigenvalue weighted by atomic mass is 16.2. The van der Waals surface area contributed by atoms with E-state index >= 15 is 0 Å². The molecule has 2 N–H and O–H groups in total. The van der Waals surface area contributed by atoms with Crippen LogP contribution in [0.25, 0.3) is 0 Å². The van der Waals surface area contributed by atoms with Crippen molar-refractivity contribution in [3.63, 3.8) is 0 Å². The van der Waals surface area contributed by atoms with Crippen molar-refractivity contribution in [2.45, 2.75) is 27.7 Å². The highest BCUT2D eigenvalue weighted by Crippen LogP contribution is 2.14. The van der Waals surface area contributed by atoms with Crippen molar-refractivity contribution in [2.24, 2.45) is 11.1 Å². The van der Waals surface area contributed by atoms with Gasteiger partial charge in [0.1, 0.15) is 0 Å². The predicted octanol–water partition coefficient (Wildman–Crippen LogP) is 0.772. The molecule has 0 aromatic rings. The molecule has 4 heteroatoms. The molecule has 0 aliphatic carbocycles. The quantitative estimate of drug-likeness (QED) is 0.701. The zero-order chi connectivity index (χ0) is 12.8. The Morgan fingerprint density at radius 3 is 2.19 bits per heavy atom. The lowest BCUT2D eigenvalue weighted by Crippen LogP contribution is -2.44.